The van der Waals surface area contributed by atoms with Gasteiger partial charge in [-0.15, -0.1) is 0 Å². The third kappa shape index (κ3) is 2.42. The van der Waals surface area contributed by atoms with Crippen LogP contribution < -0.4 is 4.90 Å². The molecule has 7 heteroatoms. The topological polar surface area (TPSA) is 84.4 Å². The van der Waals surface area contributed by atoms with E-state index in [9.17, 15) is 15.2 Å². The van der Waals surface area contributed by atoms with Crippen LogP contribution in [0, 0.1) is 10.1 Å². The van der Waals surface area contributed by atoms with Gasteiger partial charge in [-0.3, -0.25) is 10.1 Å². The van der Waals surface area contributed by atoms with Gasteiger partial charge < -0.3 is 10.0 Å². The van der Waals surface area contributed by atoms with E-state index in [1.54, 1.807) is 18.7 Å². The molecule has 1 atom stereocenters. The predicted molar refractivity (Wildman–Crippen MR) is 71.4 cm³/mol. The Morgan fingerprint density at radius 2 is 2.16 bits per heavy atom. The van der Waals surface area contributed by atoms with Gasteiger partial charge in [-0.25, -0.2) is 4.68 Å². The van der Waals surface area contributed by atoms with Gasteiger partial charge in [0.05, 0.1) is 10.5 Å². The Morgan fingerprint density at radius 1 is 1.53 bits per heavy atom. The second-order valence-electron chi connectivity index (χ2n) is 5.76. The van der Waals surface area contributed by atoms with Crippen LogP contribution in [0.15, 0.2) is 0 Å². The first-order valence-corrected chi connectivity index (χ1v) is 6.41. The first kappa shape index (κ1) is 13.8. The maximum Gasteiger partial charge on any atom is 0.334 e. The fraction of sp³-hybridized carbons (Fsp3) is 0.750. The highest BCUT2D eigenvalue weighted by atomic mass is 16.6. The average Bonchev–Trinajstić information content (AvgIpc) is 2.78. The van der Waals surface area contributed by atoms with Crippen LogP contribution in [0.25, 0.3) is 0 Å². The van der Waals surface area contributed by atoms with E-state index >= 15 is 0 Å². The molecule has 0 aromatic carbocycles. The van der Waals surface area contributed by atoms with Crippen molar-refractivity contribution in [1.82, 2.24) is 9.78 Å². The lowest BCUT2D eigenvalue weighted by Gasteiger charge is -2.19. The maximum absolute atomic E-state index is 11.3. The molecule has 106 valence electrons. The van der Waals surface area contributed by atoms with E-state index < -0.39 is 5.60 Å². The van der Waals surface area contributed by atoms with E-state index in [1.165, 1.54) is 0 Å². The second-order valence-corrected chi connectivity index (χ2v) is 5.76. The number of nitrogens with zero attached hydrogens (tertiary/aromatic N) is 4. The van der Waals surface area contributed by atoms with Crippen LogP contribution in [0.3, 0.4) is 0 Å². The molecule has 0 radical (unpaired) electrons. The summed E-state index contributed by atoms with van der Waals surface area (Å²) in [5.41, 5.74) is -0.236. The molecule has 19 heavy (non-hydrogen) atoms. The molecular weight excluding hydrogens is 248 g/mol. The molecule has 7 nitrogen and oxygen atoms in total. The van der Waals surface area contributed by atoms with Gasteiger partial charge in [0.1, 0.15) is 5.69 Å². The Kier molecular flexibility index (Phi) is 3.25. The van der Waals surface area contributed by atoms with Crippen LogP contribution in [0.5, 0.6) is 0 Å². The molecule has 1 aliphatic rings. The summed E-state index contributed by atoms with van der Waals surface area (Å²) in [4.78, 5) is 12.8. The van der Waals surface area contributed by atoms with Gasteiger partial charge in [-0.05, 0) is 13.3 Å². The van der Waals surface area contributed by atoms with Crippen LogP contribution in [-0.2, 0) is 7.05 Å². The van der Waals surface area contributed by atoms with Crippen molar-refractivity contribution in [2.45, 2.75) is 38.7 Å². The van der Waals surface area contributed by atoms with Gasteiger partial charge in [0.2, 0.25) is 5.82 Å². The highest BCUT2D eigenvalue weighted by Crippen LogP contribution is 2.38. The van der Waals surface area contributed by atoms with Gasteiger partial charge in [0, 0.05) is 26.1 Å². The number of nitro groups is 1. The number of hydrogen-bond acceptors (Lipinski definition) is 5. The molecule has 0 bridgehead atoms. The minimum Gasteiger partial charge on any atom is -0.388 e. The standard InChI is InChI=1S/C12H20N4O3/c1-8(2)9-10(16(18)19)11(14(4)13-9)15-6-5-12(3,17)7-15/h8,17H,5-7H2,1-4H3. The number of β-amino-alcohol motifs (C(OH)–C–C–N with tert-alkyl or cyclic N) is 1. The van der Waals surface area contributed by atoms with E-state index in [2.05, 4.69) is 5.10 Å². The number of aryl methyl sites for hydroxylation is 1. The SMILES string of the molecule is CC(C)c1nn(C)c(N2CCC(C)(O)C2)c1[N+](=O)[O-]. The van der Waals surface area contributed by atoms with Crippen LogP contribution in [0.1, 0.15) is 38.8 Å². The molecule has 1 aromatic heterocycles. The molecule has 1 unspecified atom stereocenters. The van der Waals surface area contributed by atoms with Crippen molar-refractivity contribution >= 4 is 11.5 Å². The predicted octanol–water partition coefficient (Wildman–Crippen LogP) is 1.41. The summed E-state index contributed by atoms with van der Waals surface area (Å²) in [6.07, 6.45) is 0.604. The highest BCUT2D eigenvalue weighted by Gasteiger charge is 2.38. The van der Waals surface area contributed by atoms with Crippen molar-refractivity contribution in [3.05, 3.63) is 15.8 Å². The van der Waals surface area contributed by atoms with E-state index in [4.69, 9.17) is 0 Å². The summed E-state index contributed by atoms with van der Waals surface area (Å²) in [5.74, 6) is 0.481. The molecule has 0 saturated carbocycles. The van der Waals surface area contributed by atoms with E-state index in [0.29, 0.717) is 31.0 Å². The number of aliphatic hydroxyl groups is 1. The van der Waals surface area contributed by atoms with Gasteiger partial charge in [0.15, 0.2) is 0 Å². The molecule has 1 saturated heterocycles. The summed E-state index contributed by atoms with van der Waals surface area (Å²) in [6.45, 7) is 6.52. The smallest absolute Gasteiger partial charge is 0.334 e. The molecule has 1 N–H and O–H groups in total. The van der Waals surface area contributed by atoms with Crippen molar-refractivity contribution in [2.24, 2.45) is 7.05 Å². The summed E-state index contributed by atoms with van der Waals surface area (Å²) in [6, 6.07) is 0. The quantitative estimate of drug-likeness (QED) is 0.662. The molecule has 2 heterocycles. The van der Waals surface area contributed by atoms with Crippen molar-refractivity contribution in [3.63, 3.8) is 0 Å². The molecule has 2 rings (SSSR count). The lowest BCUT2D eigenvalue weighted by Crippen LogP contribution is -2.30. The lowest BCUT2D eigenvalue weighted by atomic mass is 10.1. The first-order valence-electron chi connectivity index (χ1n) is 6.41. The Hall–Kier alpha value is -1.63. The summed E-state index contributed by atoms with van der Waals surface area (Å²) >= 11 is 0. The first-order chi connectivity index (χ1) is 8.73. The number of hydrogen-bond donors (Lipinski definition) is 1. The normalized spacial score (nSPS) is 23.4. The van der Waals surface area contributed by atoms with E-state index in [-0.39, 0.29) is 16.5 Å². The zero-order valence-electron chi connectivity index (χ0n) is 11.8. The number of rotatable bonds is 3. The zero-order valence-corrected chi connectivity index (χ0v) is 11.8. The summed E-state index contributed by atoms with van der Waals surface area (Å²) < 4.78 is 1.55. The average molecular weight is 268 g/mol. The molecule has 0 spiro atoms. The fourth-order valence-corrected chi connectivity index (χ4v) is 2.57. The fourth-order valence-electron chi connectivity index (χ4n) is 2.57. The largest absolute Gasteiger partial charge is 0.388 e. The van der Waals surface area contributed by atoms with Crippen LogP contribution in [-0.4, -0.2) is 38.5 Å². The van der Waals surface area contributed by atoms with Gasteiger partial charge >= 0.3 is 5.69 Å². The molecular formula is C12H20N4O3. The van der Waals surface area contributed by atoms with Crippen molar-refractivity contribution < 1.29 is 10.0 Å². The van der Waals surface area contributed by atoms with Gasteiger partial charge in [0.25, 0.3) is 0 Å². The molecule has 0 aliphatic carbocycles. The van der Waals surface area contributed by atoms with Crippen LogP contribution in [0.2, 0.25) is 0 Å². The van der Waals surface area contributed by atoms with Crippen LogP contribution >= 0.6 is 0 Å². The molecule has 1 fully saturated rings. The summed E-state index contributed by atoms with van der Waals surface area (Å²) in [5, 5.41) is 25.6. The Labute approximate surface area is 112 Å². The van der Waals surface area contributed by atoms with E-state index in [1.807, 2.05) is 18.7 Å². The molecule has 1 aliphatic heterocycles. The van der Waals surface area contributed by atoms with Gasteiger partial charge in [-0.1, -0.05) is 13.8 Å². The zero-order chi connectivity index (χ0) is 14.4. The molecule has 1 aromatic rings. The van der Waals surface area contributed by atoms with Crippen molar-refractivity contribution in [3.8, 4) is 0 Å². The summed E-state index contributed by atoms with van der Waals surface area (Å²) in [7, 11) is 1.71. The van der Waals surface area contributed by atoms with Crippen molar-refractivity contribution in [2.75, 3.05) is 18.0 Å². The van der Waals surface area contributed by atoms with Gasteiger partial charge in [-0.2, -0.15) is 5.10 Å². The second kappa shape index (κ2) is 4.48. The van der Waals surface area contributed by atoms with E-state index in [0.717, 1.165) is 0 Å². The number of anilines is 1. The highest BCUT2D eigenvalue weighted by molar-refractivity contribution is 5.63. The Balaban J connectivity index is 2.48. The minimum atomic E-state index is -0.796. The Morgan fingerprint density at radius 3 is 2.58 bits per heavy atom. The third-order valence-electron chi connectivity index (χ3n) is 3.50. The monoisotopic (exact) mass is 268 g/mol. The van der Waals surface area contributed by atoms with Crippen molar-refractivity contribution in [1.29, 1.82) is 0 Å². The third-order valence-corrected chi connectivity index (χ3v) is 3.50. The maximum atomic E-state index is 11.3. The minimum absolute atomic E-state index is 0.0107. The lowest BCUT2D eigenvalue weighted by molar-refractivity contribution is -0.385. The molecule has 0 amide bonds. The Bertz CT molecular complexity index is 507. The number of aromatic nitrogens is 2. The van der Waals surface area contributed by atoms with Crippen LogP contribution in [0.4, 0.5) is 11.5 Å².